The molecule has 29 heavy (non-hydrogen) atoms. The van der Waals surface area contributed by atoms with Crippen LogP contribution < -0.4 is 4.90 Å². The number of carbonyl (C=O) groups is 2. The Morgan fingerprint density at radius 2 is 1.83 bits per heavy atom. The number of hydrogen-bond donors (Lipinski definition) is 0. The summed E-state index contributed by atoms with van der Waals surface area (Å²) in [5.41, 5.74) is -2.49. The number of alkyl halides is 4. The lowest BCUT2D eigenvalue weighted by atomic mass is 10.2. The van der Waals surface area contributed by atoms with Crippen LogP contribution in [0.3, 0.4) is 0 Å². The highest BCUT2D eigenvalue weighted by atomic mass is 35.5. The van der Waals surface area contributed by atoms with Gasteiger partial charge in [0.15, 0.2) is 5.69 Å². The Balaban J connectivity index is 2.70. The number of rotatable bonds is 5. The second kappa shape index (κ2) is 8.82. The summed E-state index contributed by atoms with van der Waals surface area (Å²) in [6.07, 6.45) is -5.39. The van der Waals surface area contributed by atoms with Gasteiger partial charge in [0.05, 0.1) is 25.7 Å². The van der Waals surface area contributed by atoms with E-state index in [4.69, 9.17) is 34.8 Å². The van der Waals surface area contributed by atoms with Gasteiger partial charge in [-0.25, -0.2) is 9.88 Å². The first kappa shape index (κ1) is 23.3. The third kappa shape index (κ3) is 4.97. The van der Waals surface area contributed by atoms with Gasteiger partial charge in [0, 0.05) is 24.4 Å². The molecule has 0 spiro atoms. The van der Waals surface area contributed by atoms with E-state index in [0.29, 0.717) is 16.2 Å². The summed E-state index contributed by atoms with van der Waals surface area (Å²) in [4.78, 5) is 38.4. The molecule has 0 N–H and O–H groups in total. The topological polar surface area (TPSA) is 93.4 Å². The highest BCUT2D eigenvalue weighted by Crippen LogP contribution is 2.41. The molecule has 0 fully saturated rings. The van der Waals surface area contributed by atoms with Gasteiger partial charge in [-0.05, 0) is 6.92 Å². The monoisotopic (exact) mass is 489 g/mol. The first-order chi connectivity index (χ1) is 13.4. The quantitative estimate of drug-likeness (QED) is 0.314. The fraction of sp³-hybridized carbons (Fsp3) is 0.267. The minimum absolute atomic E-state index is 0.0636. The number of carbonyl (C=O) groups excluding carboxylic acids is 2. The molecule has 0 atom stereocenters. The minimum atomic E-state index is -4.96. The first-order valence-corrected chi connectivity index (χ1v) is 9.60. The normalized spacial score (nSPS) is 11.4. The molecule has 0 radical (unpaired) electrons. The predicted octanol–water partition coefficient (Wildman–Crippen LogP) is 5.49. The largest absolute Gasteiger partial charge is 0.435 e. The summed E-state index contributed by atoms with van der Waals surface area (Å²) in [5.74, 6) is -2.63. The van der Waals surface area contributed by atoms with Gasteiger partial charge in [-0.1, -0.05) is 23.2 Å². The number of nitrogens with zero attached hydrogens (tertiary/aromatic N) is 3. The summed E-state index contributed by atoms with van der Waals surface area (Å²) >= 11 is 17.9. The molecule has 0 aliphatic carbocycles. The van der Waals surface area contributed by atoms with Crippen molar-refractivity contribution in [2.75, 3.05) is 10.8 Å². The number of nitro groups is 1. The van der Waals surface area contributed by atoms with Gasteiger partial charge in [0.25, 0.3) is 11.6 Å². The smallest absolute Gasteiger partial charge is 0.274 e. The Morgan fingerprint density at radius 1 is 1.28 bits per heavy atom. The van der Waals surface area contributed by atoms with Crippen LogP contribution in [0, 0.1) is 17.0 Å². The van der Waals surface area contributed by atoms with Crippen molar-refractivity contribution in [2.24, 2.45) is 0 Å². The molecule has 1 aromatic heterocycles. The van der Waals surface area contributed by atoms with Crippen LogP contribution in [0.5, 0.6) is 0 Å². The molecule has 0 saturated carbocycles. The maximum absolute atomic E-state index is 13.3. The van der Waals surface area contributed by atoms with Gasteiger partial charge in [-0.15, -0.1) is 22.9 Å². The number of nitro benzene ring substituents is 1. The van der Waals surface area contributed by atoms with Crippen molar-refractivity contribution >= 4 is 69.3 Å². The van der Waals surface area contributed by atoms with Crippen LogP contribution in [0.4, 0.5) is 24.5 Å². The average Bonchev–Trinajstić information content (AvgIpc) is 2.99. The van der Waals surface area contributed by atoms with Crippen molar-refractivity contribution in [2.45, 2.75) is 19.5 Å². The first-order valence-electron chi connectivity index (χ1n) is 7.49. The maximum Gasteiger partial charge on any atom is 0.435 e. The lowest BCUT2D eigenvalue weighted by Gasteiger charge is -2.23. The minimum Gasteiger partial charge on any atom is -0.274 e. The molecule has 7 nitrogen and oxygen atoms in total. The Hall–Kier alpha value is -1.95. The predicted molar refractivity (Wildman–Crippen MR) is 102 cm³/mol. The van der Waals surface area contributed by atoms with E-state index in [1.165, 1.54) is 6.92 Å². The fourth-order valence-corrected chi connectivity index (χ4v) is 3.94. The van der Waals surface area contributed by atoms with E-state index in [1.807, 2.05) is 0 Å². The van der Waals surface area contributed by atoms with E-state index in [1.54, 1.807) is 0 Å². The van der Waals surface area contributed by atoms with Crippen molar-refractivity contribution in [1.29, 1.82) is 0 Å². The number of imide groups is 1. The zero-order chi connectivity index (χ0) is 22.1. The van der Waals surface area contributed by atoms with E-state index in [9.17, 15) is 32.9 Å². The summed E-state index contributed by atoms with van der Waals surface area (Å²) < 4.78 is 39.8. The molecular formula is C15H9Cl3F3N3O4S. The second-order valence-electron chi connectivity index (χ2n) is 5.40. The van der Waals surface area contributed by atoms with E-state index >= 15 is 0 Å². The molecule has 0 saturated heterocycles. The molecule has 0 aliphatic heterocycles. The van der Waals surface area contributed by atoms with Crippen molar-refractivity contribution in [1.82, 2.24) is 4.98 Å². The molecule has 2 rings (SSSR count). The summed E-state index contributed by atoms with van der Waals surface area (Å²) in [7, 11) is 0. The highest BCUT2D eigenvalue weighted by Gasteiger charge is 2.42. The van der Waals surface area contributed by atoms with Gasteiger partial charge in [0.1, 0.15) is 4.88 Å². The maximum atomic E-state index is 13.3. The van der Waals surface area contributed by atoms with E-state index in [0.717, 1.165) is 12.1 Å². The lowest BCUT2D eigenvalue weighted by Crippen LogP contribution is -2.38. The summed E-state index contributed by atoms with van der Waals surface area (Å²) in [5, 5.41) is 9.91. The van der Waals surface area contributed by atoms with E-state index in [2.05, 4.69) is 4.98 Å². The van der Waals surface area contributed by atoms with Gasteiger partial charge in [-0.3, -0.25) is 19.7 Å². The van der Waals surface area contributed by atoms with Gasteiger partial charge < -0.3 is 0 Å². The highest BCUT2D eigenvalue weighted by molar-refractivity contribution is 7.14. The van der Waals surface area contributed by atoms with E-state index in [-0.39, 0.29) is 10.9 Å². The van der Waals surface area contributed by atoms with Crippen LogP contribution in [0.1, 0.15) is 26.8 Å². The number of aryl methyl sites for hydroxylation is 1. The Labute approximate surface area is 180 Å². The Bertz CT molecular complexity index is 974. The Morgan fingerprint density at radius 3 is 2.28 bits per heavy atom. The fourth-order valence-electron chi connectivity index (χ4n) is 2.27. The molecule has 0 aliphatic rings. The van der Waals surface area contributed by atoms with Gasteiger partial charge >= 0.3 is 6.18 Å². The van der Waals surface area contributed by atoms with Crippen LogP contribution in [-0.2, 0) is 11.0 Å². The number of amides is 2. The van der Waals surface area contributed by atoms with Crippen LogP contribution in [0.2, 0.25) is 10.0 Å². The molecule has 0 bridgehead atoms. The Kier molecular flexibility index (Phi) is 7.10. The van der Waals surface area contributed by atoms with Crippen LogP contribution in [-0.4, -0.2) is 27.6 Å². The number of anilines is 1. The van der Waals surface area contributed by atoms with Crippen molar-refractivity contribution in [3.05, 3.63) is 47.9 Å². The molecule has 0 unspecified atom stereocenters. The number of thiazole rings is 1. The number of halogens is 6. The number of aromatic nitrogens is 1. The lowest BCUT2D eigenvalue weighted by molar-refractivity contribution is -0.384. The van der Waals surface area contributed by atoms with Gasteiger partial charge in [-0.2, -0.15) is 13.2 Å². The van der Waals surface area contributed by atoms with Gasteiger partial charge in [0.2, 0.25) is 5.91 Å². The number of hydrogen-bond acceptors (Lipinski definition) is 6. The summed E-state index contributed by atoms with van der Waals surface area (Å²) in [6, 6.07) is 1.64. The van der Waals surface area contributed by atoms with Crippen molar-refractivity contribution in [3.63, 3.8) is 0 Å². The zero-order valence-electron chi connectivity index (χ0n) is 14.2. The molecular weight excluding hydrogens is 482 g/mol. The van der Waals surface area contributed by atoms with Crippen LogP contribution >= 0.6 is 46.1 Å². The van der Waals surface area contributed by atoms with Crippen LogP contribution in [0.25, 0.3) is 0 Å². The van der Waals surface area contributed by atoms with Crippen LogP contribution in [0.15, 0.2) is 12.1 Å². The molecule has 1 heterocycles. The SMILES string of the molecule is Cc1nc(C(F)(F)F)c(C(=O)N(C(=O)CCCl)c2c(Cl)cc([N+](=O)[O-])cc2Cl)s1. The molecule has 2 aromatic rings. The molecule has 2 amide bonds. The molecule has 156 valence electrons. The van der Waals surface area contributed by atoms with E-state index < -0.39 is 61.3 Å². The standard InChI is InChI=1S/C15H9Cl3F3N3O4S/c1-6-22-13(15(19,20)21)12(29-6)14(26)23(10(25)2-3-16)11-8(17)4-7(24(27)28)5-9(11)18/h4-5H,2-3H2,1H3. The third-order valence-electron chi connectivity index (χ3n) is 3.39. The zero-order valence-corrected chi connectivity index (χ0v) is 17.3. The van der Waals surface area contributed by atoms with Crippen molar-refractivity contribution in [3.8, 4) is 0 Å². The molecule has 1 aromatic carbocycles. The second-order valence-corrected chi connectivity index (χ2v) is 7.79. The third-order valence-corrected chi connectivity index (χ3v) is 5.12. The summed E-state index contributed by atoms with van der Waals surface area (Å²) in [6.45, 7) is 1.26. The number of benzene rings is 1. The average molecular weight is 491 g/mol. The molecule has 14 heteroatoms. The number of non-ortho nitro benzene ring substituents is 1. The van der Waals surface area contributed by atoms with Crippen molar-refractivity contribution < 1.29 is 27.7 Å².